The van der Waals surface area contributed by atoms with Crippen molar-refractivity contribution in [2.45, 2.75) is 12.3 Å². The average molecular weight is 116 g/mol. The Bertz CT molecular complexity index is 29.8. The summed E-state index contributed by atoms with van der Waals surface area (Å²) in [5.74, 6) is -2.06. The first-order valence-corrected chi connectivity index (χ1v) is 1.99. The topological polar surface area (TPSA) is 0 Å². The van der Waals surface area contributed by atoms with Crippen LogP contribution in [0.15, 0.2) is 0 Å². The molecule has 6 heavy (non-hydrogen) atoms. The van der Waals surface area contributed by atoms with E-state index < -0.39 is 12.3 Å². The van der Waals surface area contributed by atoms with Crippen LogP contribution in [0, 0.1) is 0 Å². The van der Waals surface area contributed by atoms with Gasteiger partial charge in [-0.2, -0.15) is 0 Å². The molecular weight excluding hydrogens is 112 g/mol. The molecule has 0 rings (SSSR count). The van der Waals surface area contributed by atoms with E-state index in [2.05, 4.69) is 0 Å². The molecule has 0 aliphatic carbocycles. The van der Waals surface area contributed by atoms with E-state index in [9.17, 15) is 13.2 Å². The highest BCUT2D eigenvalue weighted by Gasteiger charge is 2.10. The van der Waals surface area contributed by atoms with Gasteiger partial charge < -0.3 is 0 Å². The second kappa shape index (κ2) is 2.40. The average Bonchev–Trinajstić information content (AvgIpc) is 1.36. The molecule has 0 nitrogen and oxygen atoms in total. The van der Waals surface area contributed by atoms with E-state index in [0.717, 1.165) is 0 Å². The fraction of sp³-hybridized carbons (Fsp3) is 1.00. The van der Waals surface area contributed by atoms with Crippen LogP contribution in [0.5, 0.6) is 0 Å². The third-order valence-electron chi connectivity index (χ3n) is 0.241. The van der Waals surface area contributed by atoms with Crippen LogP contribution in [0.2, 0.25) is 0 Å². The van der Waals surface area contributed by atoms with E-state index in [-0.39, 0.29) is 0 Å². The monoisotopic (exact) mass is 116 g/mol. The third kappa shape index (κ3) is 2.46. The molecule has 0 radical (unpaired) electrons. The van der Waals surface area contributed by atoms with Gasteiger partial charge in [-0.05, 0) is 0 Å². The molecule has 38 valence electrons. The Labute approximate surface area is 35.9 Å². The molecule has 0 aromatic carbocycles. The van der Waals surface area contributed by atoms with Gasteiger partial charge in [-0.15, -0.1) is 0 Å². The van der Waals surface area contributed by atoms with Gasteiger partial charge in [-0.1, -0.05) is 9.24 Å². The van der Waals surface area contributed by atoms with E-state index in [1.807, 2.05) is 0 Å². The summed E-state index contributed by atoms with van der Waals surface area (Å²) in [4.78, 5) is 0. The number of rotatable bonds is 1. The van der Waals surface area contributed by atoms with Crippen LogP contribution in [0.1, 0.15) is 0 Å². The summed E-state index contributed by atoms with van der Waals surface area (Å²) in [6, 6.07) is 0. The molecule has 0 aliphatic heterocycles. The number of alkyl halides is 3. The van der Waals surface area contributed by atoms with Crippen molar-refractivity contribution in [2.24, 2.45) is 0 Å². The van der Waals surface area contributed by atoms with Crippen molar-refractivity contribution in [3.63, 3.8) is 0 Å². The molecule has 2 atom stereocenters. The lowest BCUT2D eigenvalue weighted by atomic mass is 10.8. The van der Waals surface area contributed by atoms with E-state index in [4.69, 9.17) is 0 Å². The molecule has 0 aromatic rings. The summed E-state index contributed by atoms with van der Waals surface area (Å²) in [5, 5.41) is 0. The van der Waals surface area contributed by atoms with E-state index in [1.165, 1.54) is 9.24 Å². The number of hydrogen-bond donors (Lipinski definition) is 0. The smallest absolute Gasteiger partial charge is 0.237 e. The summed E-state index contributed by atoms with van der Waals surface area (Å²) in [6.45, 7) is 0. The van der Waals surface area contributed by atoms with Crippen LogP contribution in [0.25, 0.3) is 0 Å². The fourth-order valence-electron chi connectivity index (χ4n) is 0. The highest BCUT2D eigenvalue weighted by atomic mass is 31.0. The Hall–Kier alpha value is 0.220. The molecule has 0 bridgehead atoms. The van der Waals surface area contributed by atoms with Crippen molar-refractivity contribution in [3.8, 4) is 0 Å². The van der Waals surface area contributed by atoms with Gasteiger partial charge in [-0.25, -0.2) is 13.2 Å². The molecule has 0 fully saturated rings. The number of halogens is 3. The molecule has 2 unspecified atom stereocenters. The number of hydrogen-bond acceptors (Lipinski definition) is 0. The minimum Gasteiger partial charge on any atom is -0.237 e. The summed E-state index contributed by atoms with van der Waals surface area (Å²) in [6.07, 6.45) is -2.85. The third-order valence-corrected chi connectivity index (χ3v) is 0.532. The summed E-state index contributed by atoms with van der Waals surface area (Å²) in [7, 11) is 1.36. The zero-order valence-electron chi connectivity index (χ0n) is 2.87. The Kier molecular flexibility index (Phi) is 2.49. The molecule has 0 N–H and O–H groups in total. The van der Waals surface area contributed by atoms with Crippen LogP contribution in [-0.4, -0.2) is 12.3 Å². The Morgan fingerprint density at radius 1 is 1.17 bits per heavy atom. The molecule has 0 aromatic heterocycles. The van der Waals surface area contributed by atoms with Gasteiger partial charge in [-0.3, -0.25) is 0 Å². The van der Waals surface area contributed by atoms with E-state index in [0.29, 0.717) is 0 Å². The van der Waals surface area contributed by atoms with Crippen LogP contribution in [0.3, 0.4) is 0 Å². The molecule has 4 heteroatoms. The Morgan fingerprint density at radius 2 is 1.33 bits per heavy atom. The minimum absolute atomic E-state index is 1.36. The van der Waals surface area contributed by atoms with Gasteiger partial charge in [0.15, 0.2) is 5.91 Å². The lowest BCUT2D eigenvalue weighted by Gasteiger charge is -1.93. The minimum atomic E-state index is -2.85. The van der Waals surface area contributed by atoms with Crippen molar-refractivity contribution < 1.29 is 13.2 Å². The first-order valence-electron chi connectivity index (χ1n) is 1.32. The van der Waals surface area contributed by atoms with Gasteiger partial charge in [0, 0.05) is 0 Å². The van der Waals surface area contributed by atoms with Gasteiger partial charge in [0.25, 0.3) is 6.43 Å². The predicted molar refractivity (Wildman–Crippen MR) is 20.6 cm³/mol. The quantitative estimate of drug-likeness (QED) is 0.454. The SMILES string of the molecule is FC(F)C(F)P. The van der Waals surface area contributed by atoms with E-state index in [1.54, 1.807) is 0 Å². The Balaban J connectivity index is 2.99. The van der Waals surface area contributed by atoms with Crippen LogP contribution >= 0.6 is 9.24 Å². The molecule has 0 saturated heterocycles. The standard InChI is InChI=1S/C2H4F3P/c3-1(4)2(5)6/h1-2H,6H2. The second-order valence-electron chi connectivity index (χ2n) is 0.779. The predicted octanol–water partition coefficient (Wildman–Crippen LogP) is 1.42. The van der Waals surface area contributed by atoms with Crippen LogP contribution in [-0.2, 0) is 0 Å². The van der Waals surface area contributed by atoms with Crippen molar-refractivity contribution in [1.82, 2.24) is 0 Å². The van der Waals surface area contributed by atoms with Gasteiger partial charge in [0.2, 0.25) is 0 Å². The van der Waals surface area contributed by atoms with Crippen molar-refractivity contribution >= 4 is 9.24 Å². The van der Waals surface area contributed by atoms with Crippen LogP contribution < -0.4 is 0 Å². The largest absolute Gasteiger partial charge is 0.272 e. The van der Waals surface area contributed by atoms with Crippen molar-refractivity contribution in [1.29, 1.82) is 0 Å². The van der Waals surface area contributed by atoms with Gasteiger partial charge in [0.05, 0.1) is 0 Å². The van der Waals surface area contributed by atoms with Crippen molar-refractivity contribution in [2.75, 3.05) is 0 Å². The zero-order valence-corrected chi connectivity index (χ0v) is 4.02. The zero-order chi connectivity index (χ0) is 5.15. The lowest BCUT2D eigenvalue weighted by Crippen LogP contribution is -2.00. The van der Waals surface area contributed by atoms with Crippen molar-refractivity contribution in [3.05, 3.63) is 0 Å². The maximum absolute atomic E-state index is 11.0. The summed E-state index contributed by atoms with van der Waals surface area (Å²) in [5.41, 5.74) is 0. The maximum atomic E-state index is 11.0. The first kappa shape index (κ1) is 6.22. The first-order chi connectivity index (χ1) is 2.64. The summed E-state index contributed by atoms with van der Waals surface area (Å²) < 4.78 is 32.6. The molecule has 0 saturated carbocycles. The highest BCUT2D eigenvalue weighted by molar-refractivity contribution is 7.17. The second-order valence-corrected chi connectivity index (χ2v) is 1.42. The normalized spacial score (nSPS) is 15.5. The molecular formula is C2H4F3P. The molecule has 0 amide bonds. The van der Waals surface area contributed by atoms with Gasteiger partial charge >= 0.3 is 0 Å². The Morgan fingerprint density at radius 3 is 1.33 bits per heavy atom. The summed E-state index contributed by atoms with van der Waals surface area (Å²) >= 11 is 0. The highest BCUT2D eigenvalue weighted by Crippen LogP contribution is 2.10. The van der Waals surface area contributed by atoms with E-state index >= 15 is 0 Å². The maximum Gasteiger partial charge on any atom is 0.272 e. The lowest BCUT2D eigenvalue weighted by molar-refractivity contribution is 0.0948. The van der Waals surface area contributed by atoms with Crippen LogP contribution in [0.4, 0.5) is 13.2 Å². The molecule has 0 aliphatic rings. The van der Waals surface area contributed by atoms with Gasteiger partial charge in [0.1, 0.15) is 0 Å². The molecule has 0 heterocycles. The molecule has 0 spiro atoms. The fourth-order valence-corrected chi connectivity index (χ4v) is 0.